The Morgan fingerprint density at radius 3 is 2.45 bits per heavy atom. The first kappa shape index (κ1) is 15.3. The van der Waals surface area contributed by atoms with Gasteiger partial charge < -0.3 is 15.0 Å². The Hall–Kier alpha value is -1.06. The van der Waals surface area contributed by atoms with Crippen LogP contribution in [0.3, 0.4) is 0 Å². The molecule has 112 valence electrons. The van der Waals surface area contributed by atoms with Gasteiger partial charge in [0, 0.05) is 38.5 Å². The molecule has 0 bridgehead atoms. The molecule has 1 aliphatic heterocycles. The van der Waals surface area contributed by atoms with Gasteiger partial charge in [0.15, 0.2) is 0 Å². The van der Waals surface area contributed by atoms with Gasteiger partial charge in [0.1, 0.15) is 0 Å². The SMILES string of the molecule is CC(NC1CCOC(C)(C)C1)c1ccc(N(C)C)cc1. The van der Waals surface area contributed by atoms with Crippen LogP contribution < -0.4 is 10.2 Å². The lowest BCUT2D eigenvalue weighted by Gasteiger charge is -2.37. The first-order valence-corrected chi connectivity index (χ1v) is 7.55. The number of nitrogens with one attached hydrogen (secondary N) is 1. The maximum Gasteiger partial charge on any atom is 0.0641 e. The summed E-state index contributed by atoms with van der Waals surface area (Å²) < 4.78 is 5.78. The summed E-state index contributed by atoms with van der Waals surface area (Å²) in [5.74, 6) is 0. The van der Waals surface area contributed by atoms with Crippen molar-refractivity contribution < 1.29 is 4.74 Å². The molecule has 1 aromatic carbocycles. The van der Waals surface area contributed by atoms with Crippen LogP contribution in [0.4, 0.5) is 5.69 Å². The van der Waals surface area contributed by atoms with Gasteiger partial charge in [-0.3, -0.25) is 0 Å². The average Bonchev–Trinajstić information content (AvgIpc) is 2.37. The van der Waals surface area contributed by atoms with Gasteiger partial charge in [-0.25, -0.2) is 0 Å². The van der Waals surface area contributed by atoms with Crippen LogP contribution in [0, 0.1) is 0 Å². The van der Waals surface area contributed by atoms with Crippen molar-refractivity contribution in [2.24, 2.45) is 0 Å². The first-order valence-electron chi connectivity index (χ1n) is 7.55. The van der Waals surface area contributed by atoms with Crippen molar-refractivity contribution in [2.45, 2.75) is 51.3 Å². The summed E-state index contributed by atoms with van der Waals surface area (Å²) in [7, 11) is 4.14. The molecule has 1 heterocycles. The van der Waals surface area contributed by atoms with Crippen molar-refractivity contribution in [3.05, 3.63) is 29.8 Å². The van der Waals surface area contributed by atoms with Gasteiger partial charge in [-0.05, 0) is 51.3 Å². The van der Waals surface area contributed by atoms with Gasteiger partial charge in [0.2, 0.25) is 0 Å². The van der Waals surface area contributed by atoms with Crippen LogP contribution in [0.1, 0.15) is 45.2 Å². The average molecular weight is 276 g/mol. The van der Waals surface area contributed by atoms with Crippen molar-refractivity contribution in [3.63, 3.8) is 0 Å². The second-order valence-electron chi connectivity index (χ2n) is 6.67. The van der Waals surface area contributed by atoms with Crippen LogP contribution in [-0.4, -0.2) is 32.3 Å². The summed E-state index contributed by atoms with van der Waals surface area (Å²) in [6, 6.07) is 9.73. The van der Waals surface area contributed by atoms with Gasteiger partial charge in [-0.2, -0.15) is 0 Å². The van der Waals surface area contributed by atoms with E-state index in [4.69, 9.17) is 4.74 Å². The predicted molar refractivity (Wildman–Crippen MR) is 85.4 cm³/mol. The monoisotopic (exact) mass is 276 g/mol. The highest BCUT2D eigenvalue weighted by Gasteiger charge is 2.29. The van der Waals surface area contributed by atoms with Crippen LogP contribution in [0.25, 0.3) is 0 Å². The number of rotatable bonds is 4. The fraction of sp³-hybridized carbons (Fsp3) is 0.647. The molecule has 20 heavy (non-hydrogen) atoms. The molecule has 2 atom stereocenters. The standard InChI is InChI=1S/C17H28N2O/c1-13(14-6-8-16(9-7-14)19(4)5)18-15-10-11-20-17(2,3)12-15/h6-9,13,15,18H,10-12H2,1-5H3. The molecule has 1 fully saturated rings. The number of ether oxygens (including phenoxy) is 1. The third-order valence-corrected chi connectivity index (χ3v) is 4.09. The maximum atomic E-state index is 5.78. The van der Waals surface area contributed by atoms with Gasteiger partial charge in [0.25, 0.3) is 0 Å². The third-order valence-electron chi connectivity index (χ3n) is 4.09. The molecule has 1 aliphatic rings. The molecule has 2 rings (SSSR count). The summed E-state index contributed by atoms with van der Waals surface area (Å²) in [5.41, 5.74) is 2.60. The molecule has 1 aromatic rings. The van der Waals surface area contributed by atoms with E-state index >= 15 is 0 Å². The van der Waals surface area contributed by atoms with Crippen LogP contribution in [0.2, 0.25) is 0 Å². The second-order valence-corrected chi connectivity index (χ2v) is 6.67. The largest absolute Gasteiger partial charge is 0.378 e. The van der Waals surface area contributed by atoms with Gasteiger partial charge >= 0.3 is 0 Å². The highest BCUT2D eigenvalue weighted by atomic mass is 16.5. The van der Waals surface area contributed by atoms with Crippen LogP contribution in [0.5, 0.6) is 0 Å². The molecule has 0 amide bonds. The topological polar surface area (TPSA) is 24.5 Å². The van der Waals surface area contributed by atoms with Crippen molar-refractivity contribution in [2.75, 3.05) is 25.6 Å². The minimum Gasteiger partial charge on any atom is -0.378 e. The molecule has 0 saturated carbocycles. The number of anilines is 1. The zero-order chi connectivity index (χ0) is 14.8. The molecule has 3 nitrogen and oxygen atoms in total. The Balaban J connectivity index is 1.95. The molecule has 2 unspecified atom stereocenters. The first-order chi connectivity index (χ1) is 9.37. The smallest absolute Gasteiger partial charge is 0.0641 e. The van der Waals surface area contributed by atoms with E-state index in [9.17, 15) is 0 Å². The highest BCUT2D eigenvalue weighted by Crippen LogP contribution is 2.26. The minimum absolute atomic E-state index is 0.00438. The Morgan fingerprint density at radius 1 is 1.25 bits per heavy atom. The van der Waals surface area contributed by atoms with Gasteiger partial charge in [0.05, 0.1) is 5.60 Å². The van der Waals surface area contributed by atoms with Crippen LogP contribution >= 0.6 is 0 Å². The lowest BCUT2D eigenvalue weighted by Crippen LogP contribution is -2.44. The van der Waals surface area contributed by atoms with Gasteiger partial charge in [-0.15, -0.1) is 0 Å². The molecule has 0 aromatic heterocycles. The number of benzene rings is 1. The Morgan fingerprint density at radius 2 is 1.90 bits per heavy atom. The summed E-state index contributed by atoms with van der Waals surface area (Å²) in [6.07, 6.45) is 2.18. The van der Waals surface area contributed by atoms with E-state index in [0.29, 0.717) is 12.1 Å². The van der Waals surface area contributed by atoms with E-state index in [1.165, 1.54) is 11.3 Å². The molecule has 3 heteroatoms. The number of hydrogen-bond acceptors (Lipinski definition) is 3. The van der Waals surface area contributed by atoms with E-state index in [1.807, 2.05) is 0 Å². The predicted octanol–water partition coefficient (Wildman–Crippen LogP) is 3.36. The Kier molecular flexibility index (Phi) is 4.71. The van der Waals surface area contributed by atoms with E-state index in [1.54, 1.807) is 0 Å². The van der Waals surface area contributed by atoms with Crippen molar-refractivity contribution in [1.29, 1.82) is 0 Å². The molecule has 0 spiro atoms. The zero-order valence-corrected chi connectivity index (χ0v) is 13.4. The molecule has 0 radical (unpaired) electrons. The summed E-state index contributed by atoms with van der Waals surface area (Å²) in [6.45, 7) is 7.46. The lowest BCUT2D eigenvalue weighted by molar-refractivity contribution is -0.0639. The molecular formula is C17H28N2O. The summed E-state index contributed by atoms with van der Waals surface area (Å²) >= 11 is 0. The highest BCUT2D eigenvalue weighted by molar-refractivity contribution is 5.46. The van der Waals surface area contributed by atoms with Crippen molar-refractivity contribution in [3.8, 4) is 0 Å². The summed E-state index contributed by atoms with van der Waals surface area (Å²) in [4.78, 5) is 2.13. The second kappa shape index (κ2) is 6.15. The Bertz CT molecular complexity index is 425. The van der Waals surface area contributed by atoms with Crippen LogP contribution in [0.15, 0.2) is 24.3 Å². The number of nitrogens with zero attached hydrogens (tertiary/aromatic N) is 1. The fourth-order valence-electron chi connectivity index (χ4n) is 2.89. The van der Waals surface area contributed by atoms with Crippen molar-refractivity contribution in [1.82, 2.24) is 5.32 Å². The zero-order valence-electron chi connectivity index (χ0n) is 13.4. The van der Waals surface area contributed by atoms with Crippen LogP contribution in [-0.2, 0) is 4.74 Å². The van der Waals surface area contributed by atoms with E-state index in [-0.39, 0.29) is 5.60 Å². The molecule has 1 N–H and O–H groups in total. The van der Waals surface area contributed by atoms with E-state index in [2.05, 4.69) is 69.3 Å². The van der Waals surface area contributed by atoms with E-state index in [0.717, 1.165) is 19.4 Å². The van der Waals surface area contributed by atoms with Crippen molar-refractivity contribution >= 4 is 5.69 Å². The normalized spacial score (nSPS) is 23.4. The van der Waals surface area contributed by atoms with E-state index < -0.39 is 0 Å². The molecular weight excluding hydrogens is 248 g/mol. The lowest BCUT2D eigenvalue weighted by atomic mass is 9.93. The Labute approximate surface area is 123 Å². The van der Waals surface area contributed by atoms with Gasteiger partial charge in [-0.1, -0.05) is 12.1 Å². The minimum atomic E-state index is 0.00438. The fourth-order valence-corrected chi connectivity index (χ4v) is 2.89. The molecule has 0 aliphatic carbocycles. The number of hydrogen-bond donors (Lipinski definition) is 1. The summed E-state index contributed by atoms with van der Waals surface area (Å²) in [5, 5.41) is 3.75. The maximum absolute atomic E-state index is 5.78. The third kappa shape index (κ3) is 3.97. The quantitative estimate of drug-likeness (QED) is 0.912. The molecule has 1 saturated heterocycles.